The van der Waals surface area contributed by atoms with Gasteiger partial charge in [-0.25, -0.2) is 14.0 Å². The van der Waals surface area contributed by atoms with Crippen LogP contribution in [0, 0.1) is 12.7 Å². The van der Waals surface area contributed by atoms with E-state index >= 15 is 0 Å². The molecule has 0 aromatic heterocycles. The van der Waals surface area contributed by atoms with E-state index in [2.05, 4.69) is 5.32 Å². The van der Waals surface area contributed by atoms with Gasteiger partial charge in [-0.15, -0.1) is 0 Å². The predicted octanol–water partition coefficient (Wildman–Crippen LogP) is 3.00. The molecule has 0 saturated carbocycles. The molecule has 1 aliphatic heterocycles. The lowest BCUT2D eigenvalue weighted by Gasteiger charge is -2.27. The summed E-state index contributed by atoms with van der Waals surface area (Å²) in [7, 11) is 0. The number of aliphatic carboxylic acids is 1. The Morgan fingerprint density at radius 2 is 2.10 bits per heavy atom. The fourth-order valence-corrected chi connectivity index (χ4v) is 2.56. The Morgan fingerprint density at radius 1 is 1.33 bits per heavy atom. The molecule has 1 atom stereocenters. The van der Waals surface area contributed by atoms with Crippen molar-refractivity contribution in [3.63, 3.8) is 0 Å². The van der Waals surface area contributed by atoms with Crippen molar-refractivity contribution >= 4 is 17.7 Å². The summed E-state index contributed by atoms with van der Waals surface area (Å²) in [5, 5.41) is 11.9. The van der Waals surface area contributed by atoms with Crippen LogP contribution in [0.3, 0.4) is 0 Å². The molecule has 114 valence electrons. The molecule has 1 heterocycles. The zero-order valence-electron chi connectivity index (χ0n) is 11.9. The van der Waals surface area contributed by atoms with Gasteiger partial charge in [-0.1, -0.05) is 12.8 Å². The Hall–Kier alpha value is -2.11. The molecule has 2 N–H and O–H groups in total. The summed E-state index contributed by atoms with van der Waals surface area (Å²) in [5.41, 5.74) is 1.10. The molecule has 21 heavy (non-hydrogen) atoms. The second-order valence-corrected chi connectivity index (χ2v) is 5.29. The molecule has 0 radical (unpaired) electrons. The number of nitrogens with zero attached hydrogens (tertiary/aromatic N) is 1. The number of carbonyl (C=O) groups excluding carboxylic acids is 1. The highest BCUT2D eigenvalue weighted by Gasteiger charge is 2.30. The van der Waals surface area contributed by atoms with Crippen LogP contribution in [-0.2, 0) is 4.79 Å². The van der Waals surface area contributed by atoms with Gasteiger partial charge < -0.3 is 15.3 Å². The lowest BCUT2D eigenvalue weighted by atomic mass is 10.1. The SMILES string of the molecule is Cc1cc(F)ccc1NC(=O)N1CCCCCC1C(=O)O. The van der Waals surface area contributed by atoms with Crippen molar-refractivity contribution in [3.8, 4) is 0 Å². The standard InChI is InChI=1S/C15H19FN2O3/c1-10-9-11(16)6-7-12(10)17-15(21)18-8-4-2-3-5-13(18)14(19)20/h6-7,9,13H,2-5,8H2,1H3,(H,17,21)(H,19,20). The maximum absolute atomic E-state index is 13.1. The number of rotatable bonds is 2. The molecule has 6 heteroatoms. The molecule has 1 aliphatic rings. The molecule has 2 rings (SSSR count). The third-order valence-corrected chi connectivity index (χ3v) is 3.73. The molecule has 1 aromatic carbocycles. The number of hydrogen-bond acceptors (Lipinski definition) is 2. The smallest absolute Gasteiger partial charge is 0.326 e. The quantitative estimate of drug-likeness (QED) is 0.881. The van der Waals surface area contributed by atoms with Crippen LogP contribution < -0.4 is 5.32 Å². The van der Waals surface area contributed by atoms with Gasteiger partial charge in [0.15, 0.2) is 0 Å². The zero-order chi connectivity index (χ0) is 15.4. The van der Waals surface area contributed by atoms with Gasteiger partial charge in [-0.2, -0.15) is 0 Å². The lowest BCUT2D eigenvalue weighted by Crippen LogP contribution is -2.46. The zero-order valence-corrected chi connectivity index (χ0v) is 11.9. The van der Waals surface area contributed by atoms with Gasteiger partial charge >= 0.3 is 12.0 Å². The highest BCUT2D eigenvalue weighted by atomic mass is 19.1. The van der Waals surface area contributed by atoms with Crippen molar-refractivity contribution in [2.24, 2.45) is 0 Å². The Bertz CT molecular complexity index is 548. The number of benzene rings is 1. The number of halogens is 1. The minimum Gasteiger partial charge on any atom is -0.480 e. The van der Waals surface area contributed by atoms with E-state index in [1.54, 1.807) is 6.92 Å². The highest BCUT2D eigenvalue weighted by Crippen LogP contribution is 2.20. The monoisotopic (exact) mass is 294 g/mol. The van der Waals surface area contributed by atoms with Crippen LogP contribution in [0.4, 0.5) is 14.9 Å². The van der Waals surface area contributed by atoms with Gasteiger partial charge in [0.25, 0.3) is 0 Å². The first-order valence-corrected chi connectivity index (χ1v) is 7.05. The average Bonchev–Trinajstić information content (AvgIpc) is 2.67. The van der Waals surface area contributed by atoms with E-state index in [-0.39, 0.29) is 5.82 Å². The lowest BCUT2D eigenvalue weighted by molar-refractivity contribution is -0.142. The number of carboxylic acid groups (broad SMARTS) is 1. The molecule has 2 amide bonds. The maximum atomic E-state index is 13.1. The van der Waals surface area contributed by atoms with Gasteiger partial charge in [0.2, 0.25) is 0 Å². The fraction of sp³-hybridized carbons (Fsp3) is 0.467. The third kappa shape index (κ3) is 3.71. The topological polar surface area (TPSA) is 69.6 Å². The summed E-state index contributed by atoms with van der Waals surface area (Å²) in [6, 6.07) is 2.83. The van der Waals surface area contributed by atoms with Crippen LogP contribution >= 0.6 is 0 Å². The van der Waals surface area contributed by atoms with Crippen LogP contribution in [0.25, 0.3) is 0 Å². The minimum atomic E-state index is -0.983. The number of carbonyl (C=O) groups is 2. The van der Waals surface area contributed by atoms with Crippen molar-refractivity contribution in [2.75, 3.05) is 11.9 Å². The number of hydrogen-bond donors (Lipinski definition) is 2. The van der Waals surface area contributed by atoms with E-state index in [0.717, 1.165) is 19.3 Å². The molecule has 1 fully saturated rings. The second kappa shape index (κ2) is 6.56. The van der Waals surface area contributed by atoms with Crippen molar-refractivity contribution < 1.29 is 19.1 Å². The van der Waals surface area contributed by atoms with E-state index in [0.29, 0.717) is 24.2 Å². The average molecular weight is 294 g/mol. The number of urea groups is 1. The minimum absolute atomic E-state index is 0.372. The second-order valence-electron chi connectivity index (χ2n) is 5.29. The molecular formula is C15H19FN2O3. The molecule has 0 bridgehead atoms. The number of aryl methyl sites for hydroxylation is 1. The van der Waals surface area contributed by atoms with Crippen molar-refractivity contribution in [1.29, 1.82) is 0 Å². The van der Waals surface area contributed by atoms with Crippen LogP contribution in [0.2, 0.25) is 0 Å². The summed E-state index contributed by atoms with van der Waals surface area (Å²) >= 11 is 0. The summed E-state index contributed by atoms with van der Waals surface area (Å²) in [5.74, 6) is -1.36. The predicted molar refractivity (Wildman–Crippen MR) is 76.8 cm³/mol. The molecule has 1 saturated heterocycles. The Labute approximate surface area is 122 Å². The van der Waals surface area contributed by atoms with Crippen LogP contribution in [0.1, 0.15) is 31.2 Å². The number of anilines is 1. The third-order valence-electron chi connectivity index (χ3n) is 3.73. The van der Waals surface area contributed by atoms with E-state index in [9.17, 15) is 19.1 Å². The Kier molecular flexibility index (Phi) is 4.77. The first-order chi connectivity index (χ1) is 9.99. The normalized spacial score (nSPS) is 19.0. The number of likely N-dealkylation sites (tertiary alicyclic amines) is 1. The molecule has 1 unspecified atom stereocenters. The van der Waals surface area contributed by atoms with Crippen LogP contribution in [-0.4, -0.2) is 34.6 Å². The van der Waals surface area contributed by atoms with Gasteiger partial charge in [-0.05, 0) is 43.5 Å². The summed E-state index contributed by atoms with van der Waals surface area (Å²) in [6.07, 6.45) is 2.98. The summed E-state index contributed by atoms with van der Waals surface area (Å²) < 4.78 is 13.1. The highest BCUT2D eigenvalue weighted by molar-refractivity contribution is 5.93. The van der Waals surface area contributed by atoms with E-state index in [1.165, 1.54) is 23.1 Å². The Morgan fingerprint density at radius 3 is 2.76 bits per heavy atom. The van der Waals surface area contributed by atoms with E-state index in [4.69, 9.17) is 0 Å². The van der Waals surface area contributed by atoms with Crippen molar-refractivity contribution in [3.05, 3.63) is 29.6 Å². The van der Waals surface area contributed by atoms with Crippen molar-refractivity contribution in [1.82, 2.24) is 4.90 Å². The van der Waals surface area contributed by atoms with Gasteiger partial charge in [-0.3, -0.25) is 0 Å². The Balaban J connectivity index is 2.14. The van der Waals surface area contributed by atoms with E-state index < -0.39 is 18.0 Å². The van der Waals surface area contributed by atoms with Crippen LogP contribution in [0.15, 0.2) is 18.2 Å². The molecule has 5 nitrogen and oxygen atoms in total. The summed E-state index contributed by atoms with van der Waals surface area (Å²) in [4.78, 5) is 25.0. The van der Waals surface area contributed by atoms with Gasteiger partial charge in [0, 0.05) is 12.2 Å². The van der Waals surface area contributed by atoms with Crippen molar-refractivity contribution in [2.45, 2.75) is 38.6 Å². The number of carboxylic acids is 1. The van der Waals surface area contributed by atoms with E-state index in [1.807, 2.05) is 0 Å². The van der Waals surface area contributed by atoms with Gasteiger partial charge in [0.1, 0.15) is 11.9 Å². The fourth-order valence-electron chi connectivity index (χ4n) is 2.56. The molecule has 0 spiro atoms. The molecule has 1 aromatic rings. The maximum Gasteiger partial charge on any atom is 0.326 e. The summed E-state index contributed by atoms with van der Waals surface area (Å²) in [6.45, 7) is 2.11. The number of amides is 2. The molecule has 0 aliphatic carbocycles. The first kappa shape index (κ1) is 15.3. The van der Waals surface area contributed by atoms with Gasteiger partial charge in [0.05, 0.1) is 0 Å². The number of nitrogens with one attached hydrogen (secondary N) is 1. The van der Waals surface area contributed by atoms with Crippen LogP contribution in [0.5, 0.6) is 0 Å². The first-order valence-electron chi connectivity index (χ1n) is 7.05. The largest absolute Gasteiger partial charge is 0.480 e. The molecular weight excluding hydrogens is 275 g/mol.